The van der Waals surface area contributed by atoms with Crippen molar-refractivity contribution in [3.8, 4) is 11.5 Å². The Kier molecular flexibility index (Phi) is 12.3. The lowest BCUT2D eigenvalue weighted by molar-refractivity contribution is -0.142. The van der Waals surface area contributed by atoms with Gasteiger partial charge < -0.3 is 41.6 Å². The Bertz CT molecular complexity index is 1370. The quantitative estimate of drug-likeness (QED) is 0.203. The molecule has 2 aromatic rings. The van der Waals surface area contributed by atoms with E-state index in [0.717, 1.165) is 0 Å². The highest BCUT2D eigenvalue weighted by atomic mass is 16.6. The fourth-order valence-corrected chi connectivity index (χ4v) is 4.72. The average molecular weight is 626 g/mol. The van der Waals surface area contributed by atoms with Gasteiger partial charge in [0.25, 0.3) is 5.91 Å². The third kappa shape index (κ3) is 10.8. The minimum Gasteiger partial charge on any atom is -0.484 e. The fourth-order valence-electron chi connectivity index (χ4n) is 4.72. The Morgan fingerprint density at radius 3 is 2.02 bits per heavy atom. The maximum atomic E-state index is 13.1. The number of benzene rings is 2. The lowest BCUT2D eigenvalue weighted by Crippen LogP contribution is -2.53. The van der Waals surface area contributed by atoms with Gasteiger partial charge in [0.1, 0.15) is 23.6 Å². The Morgan fingerprint density at radius 1 is 0.889 bits per heavy atom. The lowest BCUT2D eigenvalue weighted by atomic mass is 9.97. The van der Waals surface area contributed by atoms with Gasteiger partial charge in [0, 0.05) is 31.0 Å². The SMILES string of the molecule is CC(C)C[C@H](NC(=O)COc1ccc(C(N)=O)cc1)C(=O)N[C@@H](Cc1ccc(OC(=O)N2CCC(C(N)=O)CC2)cc1)C(=O)O. The van der Waals surface area contributed by atoms with E-state index >= 15 is 0 Å². The maximum absolute atomic E-state index is 13.1. The van der Waals surface area contributed by atoms with E-state index in [1.807, 2.05) is 13.8 Å². The molecule has 0 bridgehead atoms. The average Bonchev–Trinajstić information content (AvgIpc) is 3.00. The van der Waals surface area contributed by atoms with Crippen molar-refractivity contribution in [1.29, 1.82) is 0 Å². The predicted molar refractivity (Wildman–Crippen MR) is 161 cm³/mol. The highest BCUT2D eigenvalue weighted by molar-refractivity contribution is 5.93. The first-order valence-electron chi connectivity index (χ1n) is 14.5. The second kappa shape index (κ2) is 16.1. The Balaban J connectivity index is 1.54. The Hall–Kier alpha value is -5.14. The minimum atomic E-state index is -1.30. The van der Waals surface area contributed by atoms with Crippen molar-refractivity contribution in [3.05, 3.63) is 59.7 Å². The number of carboxylic acid groups (broad SMARTS) is 1. The van der Waals surface area contributed by atoms with Crippen molar-refractivity contribution >= 4 is 35.7 Å². The number of carbonyl (C=O) groups excluding carboxylic acids is 5. The molecule has 5 amide bonds. The molecule has 1 aliphatic rings. The first kappa shape index (κ1) is 34.4. The number of hydrogen-bond acceptors (Lipinski definition) is 8. The fraction of sp³-hybridized carbons (Fsp3) is 0.419. The second-order valence-corrected chi connectivity index (χ2v) is 11.2. The molecule has 2 atom stereocenters. The zero-order valence-corrected chi connectivity index (χ0v) is 25.2. The Labute approximate surface area is 260 Å². The lowest BCUT2D eigenvalue weighted by Gasteiger charge is -2.29. The number of primary amides is 2. The van der Waals surface area contributed by atoms with Crippen molar-refractivity contribution in [2.24, 2.45) is 23.3 Å². The number of hydrogen-bond donors (Lipinski definition) is 5. The number of amides is 5. The van der Waals surface area contributed by atoms with E-state index in [-0.39, 0.29) is 41.9 Å². The molecule has 1 saturated heterocycles. The first-order chi connectivity index (χ1) is 21.3. The van der Waals surface area contributed by atoms with E-state index in [4.69, 9.17) is 20.9 Å². The summed E-state index contributed by atoms with van der Waals surface area (Å²) in [5.41, 5.74) is 11.4. The van der Waals surface area contributed by atoms with E-state index < -0.39 is 48.5 Å². The van der Waals surface area contributed by atoms with Gasteiger partial charge in [-0.1, -0.05) is 26.0 Å². The van der Waals surface area contributed by atoms with Crippen LogP contribution in [0.2, 0.25) is 0 Å². The first-order valence-corrected chi connectivity index (χ1v) is 14.5. The molecule has 14 nitrogen and oxygen atoms in total. The number of carboxylic acids is 1. The van der Waals surface area contributed by atoms with Crippen molar-refractivity contribution in [2.45, 2.75) is 51.6 Å². The molecule has 14 heteroatoms. The van der Waals surface area contributed by atoms with Crippen LogP contribution >= 0.6 is 0 Å². The topological polar surface area (TPSA) is 220 Å². The molecular formula is C31H39N5O9. The standard InChI is InChI=1S/C31H39N5O9/c1-18(2)15-24(34-26(37)17-44-22-9-5-20(6-10-22)27(32)38)29(40)35-25(30(41)42)16-19-3-7-23(8-4-19)45-31(43)36-13-11-21(12-14-36)28(33)39/h3-10,18,21,24-25H,11-17H2,1-2H3,(H2,32,38)(H2,33,39)(H,34,37)(H,35,40)(H,41,42)/t24-,25-/m0/s1. The van der Waals surface area contributed by atoms with Gasteiger partial charge in [0.05, 0.1) is 0 Å². The number of nitrogens with two attached hydrogens (primary N) is 2. The number of rotatable bonds is 14. The molecule has 1 aliphatic heterocycles. The van der Waals surface area contributed by atoms with Crippen LogP contribution in [0.25, 0.3) is 0 Å². The summed E-state index contributed by atoms with van der Waals surface area (Å²) in [6.45, 7) is 4.00. The van der Waals surface area contributed by atoms with Crippen molar-refractivity contribution < 1.29 is 43.3 Å². The van der Waals surface area contributed by atoms with Crippen LogP contribution < -0.4 is 31.6 Å². The molecule has 0 spiro atoms. The summed E-state index contributed by atoms with van der Waals surface area (Å²) < 4.78 is 10.8. The van der Waals surface area contributed by atoms with Gasteiger partial charge in [0.15, 0.2) is 6.61 Å². The molecule has 0 unspecified atom stereocenters. The van der Waals surface area contributed by atoms with E-state index in [9.17, 15) is 33.9 Å². The molecule has 0 saturated carbocycles. The predicted octanol–water partition coefficient (Wildman–Crippen LogP) is 1.20. The van der Waals surface area contributed by atoms with Gasteiger partial charge in [0.2, 0.25) is 17.7 Å². The van der Waals surface area contributed by atoms with Crippen LogP contribution in [0.4, 0.5) is 4.79 Å². The van der Waals surface area contributed by atoms with Crippen LogP contribution in [0.1, 0.15) is 49.0 Å². The van der Waals surface area contributed by atoms with Gasteiger partial charge in [-0.05, 0) is 67.1 Å². The number of piperidine rings is 1. The third-order valence-corrected chi connectivity index (χ3v) is 7.21. The highest BCUT2D eigenvalue weighted by Gasteiger charge is 2.29. The summed E-state index contributed by atoms with van der Waals surface area (Å²) in [6.07, 6.45) is 0.552. The molecule has 45 heavy (non-hydrogen) atoms. The van der Waals surface area contributed by atoms with Gasteiger partial charge in [-0.2, -0.15) is 0 Å². The van der Waals surface area contributed by atoms with Crippen LogP contribution in [0.15, 0.2) is 48.5 Å². The molecule has 1 heterocycles. The molecular weight excluding hydrogens is 586 g/mol. The van der Waals surface area contributed by atoms with Crippen molar-refractivity contribution in [1.82, 2.24) is 15.5 Å². The summed E-state index contributed by atoms with van der Waals surface area (Å²) in [5, 5.41) is 14.9. The third-order valence-electron chi connectivity index (χ3n) is 7.21. The number of nitrogens with one attached hydrogen (secondary N) is 2. The van der Waals surface area contributed by atoms with Crippen LogP contribution in [-0.2, 0) is 25.6 Å². The molecule has 7 N–H and O–H groups in total. The van der Waals surface area contributed by atoms with E-state index in [2.05, 4.69) is 10.6 Å². The summed E-state index contributed by atoms with van der Waals surface area (Å²) in [6, 6.07) is 9.77. The maximum Gasteiger partial charge on any atom is 0.415 e. The van der Waals surface area contributed by atoms with Gasteiger partial charge >= 0.3 is 12.1 Å². The second-order valence-electron chi connectivity index (χ2n) is 11.2. The van der Waals surface area contributed by atoms with Crippen molar-refractivity contribution in [3.63, 3.8) is 0 Å². The zero-order chi connectivity index (χ0) is 33.1. The van der Waals surface area contributed by atoms with Gasteiger partial charge in [-0.25, -0.2) is 9.59 Å². The molecule has 0 radical (unpaired) electrons. The summed E-state index contributed by atoms with van der Waals surface area (Å²) in [4.78, 5) is 74.3. The van der Waals surface area contributed by atoms with Crippen LogP contribution in [0.3, 0.4) is 0 Å². The van der Waals surface area contributed by atoms with E-state index in [0.29, 0.717) is 37.2 Å². The zero-order valence-electron chi connectivity index (χ0n) is 25.2. The number of ether oxygens (including phenoxy) is 2. The molecule has 242 valence electrons. The number of nitrogens with zero attached hydrogens (tertiary/aromatic N) is 1. The highest BCUT2D eigenvalue weighted by Crippen LogP contribution is 2.20. The van der Waals surface area contributed by atoms with Gasteiger partial charge in [-0.15, -0.1) is 0 Å². The monoisotopic (exact) mass is 625 g/mol. The van der Waals surface area contributed by atoms with Crippen LogP contribution in [0.5, 0.6) is 11.5 Å². The summed E-state index contributed by atoms with van der Waals surface area (Å²) >= 11 is 0. The molecule has 2 aromatic carbocycles. The number of carbonyl (C=O) groups is 6. The normalized spacial score (nSPS) is 14.6. The largest absolute Gasteiger partial charge is 0.484 e. The molecule has 0 aromatic heterocycles. The van der Waals surface area contributed by atoms with Crippen LogP contribution in [0, 0.1) is 11.8 Å². The summed E-state index contributed by atoms with van der Waals surface area (Å²) in [7, 11) is 0. The molecule has 1 fully saturated rings. The molecule has 0 aliphatic carbocycles. The Morgan fingerprint density at radius 2 is 1.49 bits per heavy atom. The minimum absolute atomic E-state index is 0.00337. The van der Waals surface area contributed by atoms with Crippen molar-refractivity contribution in [2.75, 3.05) is 19.7 Å². The van der Waals surface area contributed by atoms with E-state index in [1.165, 1.54) is 41.3 Å². The molecule has 3 rings (SSSR count). The van der Waals surface area contributed by atoms with Gasteiger partial charge in [-0.3, -0.25) is 19.2 Å². The van der Waals surface area contributed by atoms with Crippen LogP contribution in [-0.4, -0.2) is 77.5 Å². The smallest absolute Gasteiger partial charge is 0.415 e. The van der Waals surface area contributed by atoms with E-state index in [1.54, 1.807) is 12.1 Å². The number of likely N-dealkylation sites (tertiary alicyclic amines) is 1. The summed E-state index contributed by atoms with van der Waals surface area (Å²) in [5.74, 6) is -3.21. The number of aliphatic carboxylic acids is 1.